The number of allylic oxidation sites excluding steroid dienone is 1. The Balaban J connectivity index is 3.50. The van der Waals surface area contributed by atoms with Gasteiger partial charge < -0.3 is 15.3 Å². The summed E-state index contributed by atoms with van der Waals surface area (Å²) < 4.78 is 0. The Morgan fingerprint density at radius 2 is 1.90 bits per heavy atom. The van der Waals surface area contributed by atoms with E-state index in [4.69, 9.17) is 15.3 Å². The van der Waals surface area contributed by atoms with Gasteiger partial charge in [-0.1, -0.05) is 6.58 Å². The maximum Gasteiger partial charge on any atom is 0.212 e. The van der Waals surface area contributed by atoms with Crippen molar-refractivity contribution in [3.05, 3.63) is 12.3 Å². The molecule has 58 valence electrons. The molecule has 0 aromatic carbocycles. The summed E-state index contributed by atoms with van der Waals surface area (Å²) in [6.45, 7) is 3.13. The molecule has 0 bridgehead atoms. The van der Waals surface area contributed by atoms with E-state index in [1.165, 1.54) is 0 Å². The van der Waals surface area contributed by atoms with Gasteiger partial charge in [-0.3, -0.25) is 4.79 Å². The van der Waals surface area contributed by atoms with Crippen LogP contribution in [0.2, 0.25) is 0 Å². The molecule has 0 aliphatic carbocycles. The van der Waals surface area contributed by atoms with Gasteiger partial charge in [0.2, 0.25) is 6.29 Å². The van der Waals surface area contributed by atoms with Gasteiger partial charge in [0, 0.05) is 12.8 Å². The third-order valence-corrected chi connectivity index (χ3v) is 0.948. The lowest BCUT2D eigenvalue weighted by Crippen LogP contribution is -2.18. The van der Waals surface area contributed by atoms with Gasteiger partial charge in [-0.2, -0.15) is 0 Å². The third kappa shape index (κ3) is 4.05. The zero-order chi connectivity index (χ0) is 8.15. The van der Waals surface area contributed by atoms with Gasteiger partial charge in [-0.15, -0.1) is 0 Å². The fourth-order valence-electron chi connectivity index (χ4n) is 0.397. The molecule has 4 heteroatoms. The third-order valence-electron chi connectivity index (χ3n) is 0.948. The van der Waals surface area contributed by atoms with Gasteiger partial charge in [0.05, 0.1) is 5.76 Å². The first-order chi connectivity index (χ1) is 4.54. The number of aliphatic hydroxyl groups is 3. The topological polar surface area (TPSA) is 77.8 Å². The Kier molecular flexibility index (Phi) is 3.68. The summed E-state index contributed by atoms with van der Waals surface area (Å²) in [5.41, 5.74) is 0. The number of ketones is 1. The summed E-state index contributed by atoms with van der Waals surface area (Å²) >= 11 is 0. The lowest BCUT2D eigenvalue weighted by atomic mass is 10.2. The Labute approximate surface area is 58.4 Å². The molecule has 10 heavy (non-hydrogen) atoms. The standard InChI is InChI=1S/C6H10O4/c1-4(7)2-3-5(8)6(9)10/h6-7,9-10H,1-3H2. The molecular weight excluding hydrogens is 136 g/mol. The maximum atomic E-state index is 10.4. The van der Waals surface area contributed by atoms with E-state index in [2.05, 4.69) is 6.58 Å². The van der Waals surface area contributed by atoms with Gasteiger partial charge in [0.25, 0.3) is 0 Å². The van der Waals surface area contributed by atoms with E-state index in [1.54, 1.807) is 0 Å². The molecule has 4 nitrogen and oxygen atoms in total. The minimum Gasteiger partial charge on any atom is -0.513 e. The Morgan fingerprint density at radius 1 is 1.40 bits per heavy atom. The predicted molar refractivity (Wildman–Crippen MR) is 34.2 cm³/mol. The summed E-state index contributed by atoms with van der Waals surface area (Å²) in [4.78, 5) is 10.4. The molecule has 3 N–H and O–H groups in total. The molecular formula is C6H10O4. The lowest BCUT2D eigenvalue weighted by Gasteiger charge is -2.00. The van der Waals surface area contributed by atoms with E-state index >= 15 is 0 Å². The van der Waals surface area contributed by atoms with Crippen LogP contribution in [0.5, 0.6) is 0 Å². The van der Waals surface area contributed by atoms with Crippen molar-refractivity contribution in [2.75, 3.05) is 0 Å². The van der Waals surface area contributed by atoms with Crippen LogP contribution in [0.15, 0.2) is 12.3 Å². The van der Waals surface area contributed by atoms with E-state index in [9.17, 15) is 4.79 Å². The van der Waals surface area contributed by atoms with E-state index in [0.29, 0.717) is 0 Å². The highest BCUT2D eigenvalue weighted by atomic mass is 16.5. The second-order valence-corrected chi connectivity index (χ2v) is 1.91. The highest BCUT2D eigenvalue weighted by Crippen LogP contribution is 1.99. The number of rotatable bonds is 4. The van der Waals surface area contributed by atoms with E-state index in [0.717, 1.165) is 0 Å². The molecule has 0 aromatic heterocycles. The largest absolute Gasteiger partial charge is 0.513 e. The summed E-state index contributed by atoms with van der Waals surface area (Å²) in [5, 5.41) is 24.9. The Bertz CT molecular complexity index is 139. The fraction of sp³-hybridized carbons (Fsp3) is 0.500. The summed E-state index contributed by atoms with van der Waals surface area (Å²) in [7, 11) is 0. The zero-order valence-electron chi connectivity index (χ0n) is 5.45. The predicted octanol–water partition coefficient (Wildman–Crippen LogP) is -0.282. The van der Waals surface area contributed by atoms with Crippen molar-refractivity contribution in [3.8, 4) is 0 Å². The average Bonchev–Trinajstić information content (AvgIpc) is 1.82. The molecule has 0 aliphatic heterocycles. The van der Waals surface area contributed by atoms with Crippen LogP contribution in [0.1, 0.15) is 12.8 Å². The minimum atomic E-state index is -1.93. The van der Waals surface area contributed by atoms with Gasteiger partial charge in [-0.05, 0) is 0 Å². The van der Waals surface area contributed by atoms with Gasteiger partial charge >= 0.3 is 0 Å². The molecule has 0 saturated heterocycles. The molecule has 0 radical (unpaired) electrons. The zero-order valence-corrected chi connectivity index (χ0v) is 5.45. The molecule has 0 unspecified atom stereocenters. The number of aliphatic hydroxyl groups excluding tert-OH is 2. The smallest absolute Gasteiger partial charge is 0.212 e. The fourth-order valence-corrected chi connectivity index (χ4v) is 0.397. The Morgan fingerprint density at radius 3 is 2.20 bits per heavy atom. The molecule has 0 saturated carbocycles. The van der Waals surface area contributed by atoms with Crippen LogP contribution in [-0.4, -0.2) is 27.4 Å². The van der Waals surface area contributed by atoms with E-state index < -0.39 is 12.1 Å². The van der Waals surface area contributed by atoms with Crippen LogP contribution < -0.4 is 0 Å². The SMILES string of the molecule is C=C(O)CCC(=O)C(O)O. The van der Waals surface area contributed by atoms with Crippen molar-refractivity contribution >= 4 is 5.78 Å². The number of carbonyl (C=O) groups is 1. The molecule has 0 fully saturated rings. The van der Waals surface area contributed by atoms with Crippen molar-refractivity contribution in [2.24, 2.45) is 0 Å². The molecule has 0 spiro atoms. The number of carbonyl (C=O) groups excluding carboxylic acids is 1. The van der Waals surface area contributed by atoms with Crippen LogP contribution in [0.4, 0.5) is 0 Å². The maximum absolute atomic E-state index is 10.4. The van der Waals surface area contributed by atoms with E-state index in [-0.39, 0.29) is 18.6 Å². The van der Waals surface area contributed by atoms with Crippen LogP contribution in [0, 0.1) is 0 Å². The summed E-state index contributed by atoms with van der Waals surface area (Å²) in [5.74, 6) is -0.843. The molecule has 0 amide bonds. The van der Waals surface area contributed by atoms with Gasteiger partial charge in [0.1, 0.15) is 0 Å². The second-order valence-electron chi connectivity index (χ2n) is 1.91. The monoisotopic (exact) mass is 146 g/mol. The molecule has 0 heterocycles. The van der Waals surface area contributed by atoms with Crippen LogP contribution >= 0.6 is 0 Å². The first kappa shape index (κ1) is 9.13. The number of Topliss-reactive ketones (excluding diaryl/α,β-unsaturated/α-hetero) is 1. The first-order valence-corrected chi connectivity index (χ1v) is 2.79. The van der Waals surface area contributed by atoms with E-state index in [1.807, 2.05) is 0 Å². The van der Waals surface area contributed by atoms with Gasteiger partial charge in [0.15, 0.2) is 5.78 Å². The normalized spacial score (nSPS) is 9.90. The van der Waals surface area contributed by atoms with Gasteiger partial charge in [-0.25, -0.2) is 0 Å². The highest BCUT2D eigenvalue weighted by molar-refractivity contribution is 5.81. The molecule has 0 atom stereocenters. The van der Waals surface area contributed by atoms with Crippen molar-refractivity contribution in [1.82, 2.24) is 0 Å². The molecule has 0 aromatic rings. The Hall–Kier alpha value is -0.870. The average molecular weight is 146 g/mol. The molecule has 0 aliphatic rings. The highest BCUT2D eigenvalue weighted by Gasteiger charge is 2.09. The van der Waals surface area contributed by atoms with Crippen LogP contribution in [0.3, 0.4) is 0 Å². The van der Waals surface area contributed by atoms with Crippen molar-refractivity contribution in [2.45, 2.75) is 19.1 Å². The first-order valence-electron chi connectivity index (χ1n) is 2.79. The minimum absolute atomic E-state index is 0.0798. The second kappa shape index (κ2) is 4.03. The van der Waals surface area contributed by atoms with Crippen molar-refractivity contribution in [3.63, 3.8) is 0 Å². The lowest BCUT2D eigenvalue weighted by molar-refractivity contribution is -0.144. The van der Waals surface area contributed by atoms with Crippen LogP contribution in [0.25, 0.3) is 0 Å². The molecule has 0 rings (SSSR count). The summed E-state index contributed by atoms with van der Waals surface area (Å²) in [6.07, 6.45) is -1.94. The van der Waals surface area contributed by atoms with Crippen LogP contribution in [-0.2, 0) is 4.79 Å². The summed E-state index contributed by atoms with van der Waals surface area (Å²) in [6, 6.07) is 0. The van der Waals surface area contributed by atoms with Crippen molar-refractivity contribution < 1.29 is 20.1 Å². The van der Waals surface area contributed by atoms with Crippen molar-refractivity contribution in [1.29, 1.82) is 0 Å². The number of hydrogen-bond acceptors (Lipinski definition) is 4. The number of hydrogen-bond donors (Lipinski definition) is 3. The quantitative estimate of drug-likeness (QED) is 0.376.